The summed E-state index contributed by atoms with van der Waals surface area (Å²) in [5.74, 6) is -0.696. The van der Waals surface area contributed by atoms with Gasteiger partial charge in [-0.15, -0.1) is 0 Å². The highest BCUT2D eigenvalue weighted by Gasteiger charge is 2.28. The zero-order valence-electron chi connectivity index (χ0n) is 7.51. The van der Waals surface area contributed by atoms with Gasteiger partial charge in [0.05, 0.1) is 11.4 Å². The lowest BCUT2D eigenvalue weighted by Crippen LogP contribution is -2.12. The van der Waals surface area contributed by atoms with E-state index in [4.69, 9.17) is 11.6 Å². The maximum atomic E-state index is 11.8. The largest absolute Gasteiger partial charge is 0.389 e. The Hall–Kier alpha value is -1.10. The molecule has 1 rings (SSSR count). The Balaban J connectivity index is 2.66. The Labute approximate surface area is 89.1 Å². The van der Waals surface area contributed by atoms with E-state index >= 15 is 0 Å². The van der Waals surface area contributed by atoms with Crippen LogP contribution in [0.5, 0.6) is 0 Å². The summed E-state index contributed by atoms with van der Waals surface area (Å²) in [6.07, 6.45) is -4.80. The first-order chi connectivity index (χ1) is 6.90. The maximum absolute atomic E-state index is 11.8. The zero-order chi connectivity index (χ0) is 11.5. The van der Waals surface area contributed by atoms with Crippen LogP contribution >= 0.6 is 11.6 Å². The summed E-state index contributed by atoms with van der Waals surface area (Å²) in [5, 5.41) is 0.0738. The van der Waals surface area contributed by atoms with Gasteiger partial charge in [0.25, 0.3) is 0 Å². The average molecular weight is 238 g/mol. The van der Waals surface area contributed by atoms with E-state index in [9.17, 15) is 18.0 Å². The molecule has 2 nitrogen and oxygen atoms in total. The van der Waals surface area contributed by atoms with Crippen LogP contribution in [0.25, 0.3) is 0 Å². The van der Waals surface area contributed by atoms with E-state index in [-0.39, 0.29) is 10.7 Å². The van der Waals surface area contributed by atoms with Gasteiger partial charge in [-0.1, -0.05) is 11.6 Å². The Morgan fingerprint density at radius 2 is 2.13 bits per heavy atom. The number of carbonyl (C=O) groups is 1. The summed E-state index contributed by atoms with van der Waals surface area (Å²) in [4.78, 5) is 14.9. The number of Topliss-reactive ketones (excluding diaryl/α,β-unsaturated/α-hetero) is 1. The van der Waals surface area contributed by atoms with Crippen LogP contribution in [0.15, 0.2) is 18.3 Å². The molecule has 0 saturated carbocycles. The van der Waals surface area contributed by atoms with E-state index in [0.29, 0.717) is 0 Å². The van der Waals surface area contributed by atoms with Crippen molar-refractivity contribution in [3.63, 3.8) is 0 Å². The molecule has 1 aromatic rings. The van der Waals surface area contributed by atoms with Gasteiger partial charge in [0.1, 0.15) is 5.69 Å². The van der Waals surface area contributed by atoms with Crippen molar-refractivity contribution in [3.05, 3.63) is 29.0 Å². The number of rotatable bonds is 3. The SMILES string of the molecule is O=C(CCC(F)(F)F)c1ncccc1Cl. The van der Waals surface area contributed by atoms with Gasteiger partial charge in [0.15, 0.2) is 5.78 Å². The van der Waals surface area contributed by atoms with Crippen molar-refractivity contribution in [3.8, 4) is 0 Å². The average Bonchev–Trinajstić information content (AvgIpc) is 2.14. The van der Waals surface area contributed by atoms with Crippen molar-refractivity contribution in [2.75, 3.05) is 0 Å². The number of alkyl halides is 3. The lowest BCUT2D eigenvalue weighted by Gasteiger charge is -2.05. The molecule has 0 aliphatic carbocycles. The van der Waals surface area contributed by atoms with E-state index in [0.717, 1.165) is 0 Å². The van der Waals surface area contributed by atoms with Crippen LogP contribution in [0.4, 0.5) is 13.2 Å². The number of aromatic nitrogens is 1. The van der Waals surface area contributed by atoms with Crippen LogP contribution in [-0.4, -0.2) is 16.9 Å². The summed E-state index contributed by atoms with van der Waals surface area (Å²) < 4.78 is 35.5. The lowest BCUT2D eigenvalue weighted by molar-refractivity contribution is -0.133. The Bertz CT molecular complexity index is 365. The molecule has 0 aliphatic heterocycles. The van der Waals surface area contributed by atoms with Crippen LogP contribution in [0.3, 0.4) is 0 Å². The minimum Gasteiger partial charge on any atom is -0.292 e. The third kappa shape index (κ3) is 3.87. The number of carbonyl (C=O) groups excluding carboxylic acids is 1. The van der Waals surface area contributed by atoms with Crippen molar-refractivity contribution in [2.24, 2.45) is 0 Å². The summed E-state index contributed by atoms with van der Waals surface area (Å²) in [7, 11) is 0. The van der Waals surface area contributed by atoms with Crippen molar-refractivity contribution in [2.45, 2.75) is 19.0 Å². The molecule has 1 aromatic heterocycles. The van der Waals surface area contributed by atoms with Crippen LogP contribution in [0.1, 0.15) is 23.3 Å². The second kappa shape index (κ2) is 4.61. The van der Waals surface area contributed by atoms with Gasteiger partial charge in [-0.2, -0.15) is 13.2 Å². The minimum atomic E-state index is -4.34. The second-order valence-electron chi connectivity index (χ2n) is 2.87. The molecular formula is C9H7ClF3NO. The quantitative estimate of drug-likeness (QED) is 0.756. The van der Waals surface area contributed by atoms with Crippen LogP contribution in [-0.2, 0) is 0 Å². The first kappa shape index (κ1) is 12.0. The third-order valence-corrected chi connectivity index (χ3v) is 1.96. The summed E-state index contributed by atoms with van der Waals surface area (Å²) in [6.45, 7) is 0. The molecule has 6 heteroatoms. The van der Waals surface area contributed by atoms with Crippen molar-refractivity contribution >= 4 is 17.4 Å². The number of hydrogen-bond donors (Lipinski definition) is 0. The summed E-state index contributed by atoms with van der Waals surface area (Å²) >= 11 is 5.60. The number of pyridine rings is 1. The highest BCUT2D eigenvalue weighted by molar-refractivity contribution is 6.33. The Morgan fingerprint density at radius 1 is 1.47 bits per heavy atom. The maximum Gasteiger partial charge on any atom is 0.389 e. The highest BCUT2D eigenvalue weighted by Crippen LogP contribution is 2.23. The molecule has 15 heavy (non-hydrogen) atoms. The summed E-state index contributed by atoms with van der Waals surface area (Å²) in [5.41, 5.74) is -0.108. The fraction of sp³-hybridized carbons (Fsp3) is 0.333. The van der Waals surface area contributed by atoms with Gasteiger partial charge in [0.2, 0.25) is 0 Å². The molecule has 0 atom stereocenters. The Morgan fingerprint density at radius 3 is 2.67 bits per heavy atom. The monoisotopic (exact) mass is 237 g/mol. The minimum absolute atomic E-state index is 0.0738. The van der Waals surface area contributed by atoms with Gasteiger partial charge >= 0.3 is 6.18 Å². The van der Waals surface area contributed by atoms with Crippen LogP contribution in [0.2, 0.25) is 5.02 Å². The molecule has 0 radical (unpaired) electrons. The molecule has 0 aromatic carbocycles. The zero-order valence-corrected chi connectivity index (χ0v) is 8.27. The molecule has 0 fully saturated rings. The van der Waals surface area contributed by atoms with Crippen LogP contribution < -0.4 is 0 Å². The smallest absolute Gasteiger partial charge is 0.292 e. The van der Waals surface area contributed by atoms with E-state index in [1.54, 1.807) is 0 Å². The molecule has 82 valence electrons. The third-order valence-electron chi connectivity index (χ3n) is 1.66. The van der Waals surface area contributed by atoms with Gasteiger partial charge < -0.3 is 0 Å². The van der Waals surface area contributed by atoms with Crippen molar-refractivity contribution in [1.29, 1.82) is 0 Å². The first-order valence-corrected chi connectivity index (χ1v) is 4.48. The van der Waals surface area contributed by atoms with E-state index in [1.807, 2.05) is 0 Å². The fourth-order valence-electron chi connectivity index (χ4n) is 0.965. The van der Waals surface area contributed by atoms with Crippen molar-refractivity contribution in [1.82, 2.24) is 4.98 Å². The van der Waals surface area contributed by atoms with E-state index in [2.05, 4.69) is 4.98 Å². The van der Waals surface area contributed by atoms with E-state index < -0.39 is 24.8 Å². The molecule has 0 aliphatic rings. The number of nitrogens with zero attached hydrogens (tertiary/aromatic N) is 1. The predicted molar refractivity (Wildman–Crippen MR) is 48.9 cm³/mol. The number of ketones is 1. The topological polar surface area (TPSA) is 30.0 Å². The molecule has 0 bridgehead atoms. The molecule has 0 saturated heterocycles. The van der Waals surface area contributed by atoms with E-state index in [1.165, 1.54) is 18.3 Å². The normalized spacial score (nSPS) is 11.5. The molecule has 0 unspecified atom stereocenters. The van der Waals surface area contributed by atoms with Gasteiger partial charge in [0, 0.05) is 12.6 Å². The molecular weight excluding hydrogens is 231 g/mol. The molecule has 0 amide bonds. The lowest BCUT2D eigenvalue weighted by atomic mass is 10.1. The van der Waals surface area contributed by atoms with Crippen molar-refractivity contribution < 1.29 is 18.0 Å². The van der Waals surface area contributed by atoms with Gasteiger partial charge in [-0.25, -0.2) is 0 Å². The number of halogens is 4. The van der Waals surface area contributed by atoms with Gasteiger partial charge in [-0.05, 0) is 12.1 Å². The molecule has 1 heterocycles. The number of hydrogen-bond acceptors (Lipinski definition) is 2. The molecule has 0 spiro atoms. The van der Waals surface area contributed by atoms with Gasteiger partial charge in [-0.3, -0.25) is 9.78 Å². The highest BCUT2D eigenvalue weighted by atomic mass is 35.5. The Kier molecular flexibility index (Phi) is 3.68. The van der Waals surface area contributed by atoms with Crippen LogP contribution in [0, 0.1) is 0 Å². The predicted octanol–water partition coefficient (Wildman–Crippen LogP) is 3.26. The summed E-state index contributed by atoms with van der Waals surface area (Å²) in [6, 6.07) is 2.91. The first-order valence-electron chi connectivity index (χ1n) is 4.10. The fourth-order valence-corrected chi connectivity index (χ4v) is 1.19. The second-order valence-corrected chi connectivity index (χ2v) is 3.28. The molecule has 0 N–H and O–H groups in total. The standard InChI is InChI=1S/C9H7ClF3NO/c10-6-2-1-5-14-8(6)7(15)3-4-9(11,12)13/h1-2,5H,3-4H2.